The Morgan fingerprint density at radius 3 is 2.72 bits per heavy atom. The highest BCUT2D eigenvalue weighted by molar-refractivity contribution is 9.11. The molecule has 4 atom stereocenters. The molecule has 2 fully saturated rings. The maximum atomic E-state index is 11.9. The largest absolute Gasteiger partial charge is 0.344 e. The quantitative estimate of drug-likeness (QED) is 0.626. The number of carbonyl (C=O) groups excluding carboxylic acids is 1. The summed E-state index contributed by atoms with van der Waals surface area (Å²) < 4.78 is 11.3. The van der Waals surface area contributed by atoms with E-state index in [2.05, 4.69) is 15.9 Å². The summed E-state index contributed by atoms with van der Waals surface area (Å²) in [5.41, 5.74) is 0. The fourth-order valence-electron chi connectivity index (χ4n) is 3.06. The molecule has 6 heteroatoms. The average Bonchev–Trinajstić information content (AvgIpc) is 2.67. The fourth-order valence-corrected chi connectivity index (χ4v) is 4.30. The van der Waals surface area contributed by atoms with Crippen LogP contribution in [0.3, 0.4) is 0 Å². The minimum absolute atomic E-state index is 0.0134. The number of halogens is 3. The number of alkyl halides is 2. The summed E-state index contributed by atoms with van der Waals surface area (Å²) in [6.45, 7) is 3.73. The minimum atomic E-state index is -1.34. The first-order valence-corrected chi connectivity index (χ1v) is 7.41. The van der Waals surface area contributed by atoms with E-state index >= 15 is 0 Å². The van der Waals surface area contributed by atoms with Gasteiger partial charge in [0.15, 0.2) is 15.9 Å². The Balaban J connectivity index is 2.00. The molecule has 0 aromatic carbocycles. The molecule has 18 heavy (non-hydrogen) atoms. The van der Waals surface area contributed by atoms with Gasteiger partial charge in [-0.2, -0.15) is 0 Å². The first kappa shape index (κ1) is 13.4. The third-order valence-corrected chi connectivity index (χ3v) is 5.48. The molecule has 0 amide bonds. The fraction of sp³-hybridized carbons (Fsp3) is 0.750. The molecule has 0 unspecified atom stereocenters. The number of carbonyl (C=O) groups is 1. The van der Waals surface area contributed by atoms with Crippen LogP contribution < -0.4 is 0 Å². The predicted octanol–water partition coefficient (Wildman–Crippen LogP) is 3.18. The molecule has 0 aromatic rings. The summed E-state index contributed by atoms with van der Waals surface area (Å²) in [7, 11) is 0. The van der Waals surface area contributed by atoms with Crippen LogP contribution in [0.5, 0.6) is 0 Å². The van der Waals surface area contributed by atoms with Crippen molar-refractivity contribution >= 4 is 44.9 Å². The molecular formula is C12H13BrCl2O3. The zero-order valence-corrected chi connectivity index (χ0v) is 13.1. The third-order valence-electron chi connectivity index (χ3n) is 3.83. The smallest absolute Gasteiger partial charge is 0.182 e. The van der Waals surface area contributed by atoms with Gasteiger partial charge in [-0.3, -0.25) is 4.79 Å². The van der Waals surface area contributed by atoms with Crippen molar-refractivity contribution in [2.75, 3.05) is 0 Å². The van der Waals surface area contributed by atoms with Crippen LogP contribution in [0.15, 0.2) is 10.6 Å². The van der Waals surface area contributed by atoms with Gasteiger partial charge in [-0.25, -0.2) is 0 Å². The lowest BCUT2D eigenvalue weighted by molar-refractivity contribution is -0.148. The van der Waals surface area contributed by atoms with E-state index in [4.69, 9.17) is 32.7 Å². The van der Waals surface area contributed by atoms with Crippen molar-refractivity contribution in [2.45, 2.75) is 42.6 Å². The van der Waals surface area contributed by atoms with E-state index in [1.165, 1.54) is 0 Å². The monoisotopic (exact) mass is 354 g/mol. The summed E-state index contributed by atoms with van der Waals surface area (Å²) in [5, 5.41) is 0. The number of Topliss-reactive ketones (excluding diaryl/α,β-unsaturated/α-hetero) is 1. The third kappa shape index (κ3) is 1.80. The van der Waals surface area contributed by atoms with Gasteiger partial charge in [-0.15, -0.1) is 0 Å². The van der Waals surface area contributed by atoms with Crippen LogP contribution in [0.2, 0.25) is 0 Å². The predicted molar refractivity (Wildman–Crippen MR) is 71.9 cm³/mol. The van der Waals surface area contributed by atoms with Crippen molar-refractivity contribution in [1.82, 2.24) is 0 Å². The number of ether oxygens (including phenoxy) is 2. The molecule has 1 saturated carbocycles. The Morgan fingerprint density at radius 2 is 2.06 bits per heavy atom. The maximum absolute atomic E-state index is 11.9. The number of hydrogen-bond donors (Lipinski definition) is 0. The molecule has 3 nitrogen and oxygen atoms in total. The summed E-state index contributed by atoms with van der Waals surface area (Å²) in [6.07, 6.45) is 1.90. The van der Waals surface area contributed by atoms with Crippen molar-refractivity contribution < 1.29 is 14.3 Å². The Morgan fingerprint density at radius 1 is 1.39 bits per heavy atom. The van der Waals surface area contributed by atoms with Gasteiger partial charge in [-0.05, 0) is 13.8 Å². The van der Waals surface area contributed by atoms with Crippen molar-refractivity contribution in [3.8, 4) is 0 Å². The second kappa shape index (κ2) is 3.95. The Labute approximate surface area is 124 Å². The van der Waals surface area contributed by atoms with Crippen molar-refractivity contribution in [2.24, 2.45) is 11.8 Å². The lowest BCUT2D eigenvalue weighted by atomic mass is 9.83. The Kier molecular flexibility index (Phi) is 2.94. The van der Waals surface area contributed by atoms with Crippen LogP contribution in [-0.4, -0.2) is 28.1 Å². The van der Waals surface area contributed by atoms with E-state index in [1.54, 1.807) is 0 Å². The molecule has 0 N–H and O–H groups in total. The lowest BCUT2D eigenvalue weighted by Crippen LogP contribution is -2.40. The normalized spacial score (nSPS) is 44.5. The summed E-state index contributed by atoms with van der Waals surface area (Å²) in [6, 6.07) is 0. The van der Waals surface area contributed by atoms with Gasteiger partial charge in [0.05, 0.1) is 6.10 Å². The van der Waals surface area contributed by atoms with Crippen LogP contribution in [0.1, 0.15) is 20.3 Å². The van der Waals surface area contributed by atoms with E-state index in [9.17, 15) is 4.79 Å². The molecule has 3 rings (SSSR count). The highest BCUT2D eigenvalue weighted by Gasteiger charge is 2.61. The number of hydrogen-bond acceptors (Lipinski definition) is 3. The maximum Gasteiger partial charge on any atom is 0.182 e. The molecule has 1 saturated heterocycles. The van der Waals surface area contributed by atoms with Crippen LogP contribution in [0.4, 0.5) is 0 Å². The molecule has 0 bridgehead atoms. The number of allylic oxidation sites excluding steroid dienone is 1. The van der Waals surface area contributed by atoms with Gasteiger partial charge < -0.3 is 9.47 Å². The molecule has 100 valence electrons. The highest BCUT2D eigenvalue weighted by atomic mass is 79.9. The standard InChI is InChI=1S/C12H13BrCl2O3/c1-11(2)17-9-5-3-8(16)12(14,15)6(5)4-7(13)10(9)18-11/h4-6,9-10H,3H2,1-2H3/t5-,6+,9+,10+/m1/s1. The molecule has 0 aromatic heterocycles. The van der Waals surface area contributed by atoms with Crippen molar-refractivity contribution in [3.63, 3.8) is 0 Å². The Bertz CT molecular complexity index is 447. The molecular weight excluding hydrogens is 343 g/mol. The van der Waals surface area contributed by atoms with E-state index in [0.717, 1.165) is 4.48 Å². The molecule has 0 spiro atoms. The Hall–Kier alpha value is 0.390. The first-order chi connectivity index (χ1) is 8.22. The second-order valence-corrected chi connectivity index (χ2v) is 7.81. The topological polar surface area (TPSA) is 35.5 Å². The SMILES string of the molecule is CC1(C)O[C@H]2[C@@H]3CC(=O)C(Cl)(Cl)[C@H]3C=C(Br)[C@@H]2O1. The van der Waals surface area contributed by atoms with Crippen molar-refractivity contribution in [3.05, 3.63) is 10.6 Å². The zero-order chi connectivity index (χ0) is 13.3. The average molecular weight is 356 g/mol. The van der Waals surface area contributed by atoms with E-state index in [-0.39, 0.29) is 29.8 Å². The van der Waals surface area contributed by atoms with Crippen molar-refractivity contribution in [1.29, 1.82) is 0 Å². The summed E-state index contributed by atoms with van der Waals surface area (Å²) in [4.78, 5) is 11.9. The van der Waals surface area contributed by atoms with E-state index in [1.807, 2.05) is 19.9 Å². The van der Waals surface area contributed by atoms with Gasteiger partial charge in [0, 0.05) is 22.7 Å². The lowest BCUT2D eigenvalue weighted by Gasteiger charge is -2.33. The van der Waals surface area contributed by atoms with Gasteiger partial charge in [0.25, 0.3) is 0 Å². The highest BCUT2D eigenvalue weighted by Crippen LogP contribution is 2.55. The molecule has 1 heterocycles. The van der Waals surface area contributed by atoms with Crippen LogP contribution in [-0.2, 0) is 14.3 Å². The van der Waals surface area contributed by atoms with E-state index < -0.39 is 10.1 Å². The summed E-state index contributed by atoms with van der Waals surface area (Å²) >= 11 is 15.8. The zero-order valence-electron chi connectivity index (χ0n) is 9.95. The molecule has 1 aliphatic heterocycles. The summed E-state index contributed by atoms with van der Waals surface area (Å²) in [5.74, 6) is -1.02. The van der Waals surface area contributed by atoms with Gasteiger partial charge in [0.2, 0.25) is 0 Å². The first-order valence-electron chi connectivity index (χ1n) is 5.86. The van der Waals surface area contributed by atoms with Gasteiger partial charge >= 0.3 is 0 Å². The number of ketones is 1. The molecule has 2 aliphatic carbocycles. The van der Waals surface area contributed by atoms with Crippen LogP contribution in [0.25, 0.3) is 0 Å². The van der Waals surface area contributed by atoms with Crippen LogP contribution >= 0.6 is 39.1 Å². The molecule has 3 aliphatic rings. The van der Waals surface area contributed by atoms with Gasteiger partial charge in [0.1, 0.15) is 6.10 Å². The molecule has 0 radical (unpaired) electrons. The minimum Gasteiger partial charge on any atom is -0.344 e. The number of rotatable bonds is 0. The van der Waals surface area contributed by atoms with E-state index in [0.29, 0.717) is 6.42 Å². The second-order valence-electron chi connectivity index (χ2n) is 5.51. The van der Waals surface area contributed by atoms with Crippen LogP contribution in [0, 0.1) is 11.8 Å². The van der Waals surface area contributed by atoms with Gasteiger partial charge in [-0.1, -0.05) is 45.2 Å². The number of fused-ring (bicyclic) bond motifs is 3.